The molecule has 0 unspecified atom stereocenters. The van der Waals surface area contributed by atoms with E-state index in [1.807, 2.05) is 18.3 Å². The van der Waals surface area contributed by atoms with Gasteiger partial charge < -0.3 is 4.57 Å². The Morgan fingerprint density at radius 3 is 2.64 bits per heavy atom. The minimum absolute atomic E-state index is 0.256. The summed E-state index contributed by atoms with van der Waals surface area (Å²) in [6, 6.07) is 18.3. The van der Waals surface area contributed by atoms with Crippen LogP contribution in [0.3, 0.4) is 0 Å². The first-order valence-electron chi connectivity index (χ1n) is 11.3. The van der Waals surface area contributed by atoms with E-state index in [0.717, 1.165) is 43.3 Å². The van der Waals surface area contributed by atoms with Crippen LogP contribution in [0.4, 0.5) is 13.2 Å². The van der Waals surface area contributed by atoms with E-state index in [1.54, 1.807) is 6.07 Å². The molecule has 170 valence electrons. The van der Waals surface area contributed by atoms with Crippen molar-refractivity contribution in [1.29, 1.82) is 0 Å². The smallest absolute Gasteiger partial charge is 0.350 e. The van der Waals surface area contributed by atoms with Crippen LogP contribution in [0.5, 0.6) is 0 Å². The zero-order valence-corrected chi connectivity index (χ0v) is 18.5. The molecule has 0 spiro atoms. The lowest BCUT2D eigenvalue weighted by Gasteiger charge is -2.24. The van der Waals surface area contributed by atoms with Gasteiger partial charge >= 0.3 is 6.18 Å². The van der Waals surface area contributed by atoms with Crippen molar-refractivity contribution in [2.24, 2.45) is 7.05 Å². The molecule has 0 amide bonds. The molecule has 4 aromatic rings. The molecule has 0 N–H and O–H groups in total. The van der Waals surface area contributed by atoms with E-state index in [0.29, 0.717) is 12.0 Å². The number of hydrogen-bond donors (Lipinski definition) is 0. The Morgan fingerprint density at radius 1 is 1.00 bits per heavy atom. The number of halogens is 3. The molecule has 1 aliphatic heterocycles. The number of pyridine rings is 1. The largest absolute Gasteiger partial charge is 0.416 e. The first-order chi connectivity index (χ1) is 15.9. The summed E-state index contributed by atoms with van der Waals surface area (Å²) in [4.78, 5) is 7.20. The van der Waals surface area contributed by atoms with Crippen molar-refractivity contribution < 1.29 is 13.2 Å². The van der Waals surface area contributed by atoms with Gasteiger partial charge in [-0.2, -0.15) is 13.2 Å². The lowest BCUT2D eigenvalue weighted by Crippen LogP contribution is -2.23. The quantitative estimate of drug-likeness (QED) is 0.346. The molecule has 1 saturated heterocycles. The minimum Gasteiger partial charge on any atom is -0.350 e. The number of nitrogens with zero attached hydrogens (tertiary/aromatic N) is 3. The molecular formula is C27H26F3N3. The summed E-state index contributed by atoms with van der Waals surface area (Å²) in [6.45, 7) is 1.90. The topological polar surface area (TPSA) is 21.1 Å². The van der Waals surface area contributed by atoms with Crippen LogP contribution in [0.1, 0.15) is 46.8 Å². The van der Waals surface area contributed by atoms with Gasteiger partial charge in [-0.05, 0) is 60.7 Å². The highest BCUT2D eigenvalue weighted by atomic mass is 19.4. The zero-order valence-electron chi connectivity index (χ0n) is 18.5. The van der Waals surface area contributed by atoms with Crippen LogP contribution in [0.2, 0.25) is 0 Å². The van der Waals surface area contributed by atoms with E-state index in [4.69, 9.17) is 4.98 Å². The van der Waals surface area contributed by atoms with Crippen molar-refractivity contribution in [3.63, 3.8) is 0 Å². The Morgan fingerprint density at radius 2 is 1.85 bits per heavy atom. The van der Waals surface area contributed by atoms with Crippen LogP contribution >= 0.6 is 0 Å². The van der Waals surface area contributed by atoms with E-state index in [9.17, 15) is 13.2 Å². The van der Waals surface area contributed by atoms with Gasteiger partial charge in [0, 0.05) is 36.9 Å². The first-order valence-corrected chi connectivity index (χ1v) is 11.3. The Kier molecular flexibility index (Phi) is 5.71. The van der Waals surface area contributed by atoms with Crippen molar-refractivity contribution in [1.82, 2.24) is 14.5 Å². The summed E-state index contributed by atoms with van der Waals surface area (Å²) in [5.41, 5.74) is 4.52. The Labute approximate surface area is 191 Å². The summed E-state index contributed by atoms with van der Waals surface area (Å²) in [7, 11) is 2.08. The van der Waals surface area contributed by atoms with E-state index in [2.05, 4.69) is 47.0 Å². The second kappa shape index (κ2) is 8.67. The molecule has 0 radical (unpaired) electrons. The normalized spacial score (nSPS) is 17.2. The van der Waals surface area contributed by atoms with Gasteiger partial charge in [0.25, 0.3) is 0 Å². The molecule has 3 nitrogen and oxygen atoms in total. The SMILES string of the molecule is Cn1cc(CN2CCC[C@H]2c2ccc(Cc3cccc(C(F)(F)F)c3)cn2)c2ccccc21. The van der Waals surface area contributed by atoms with Gasteiger partial charge in [0.1, 0.15) is 0 Å². The highest BCUT2D eigenvalue weighted by molar-refractivity contribution is 5.83. The molecule has 0 aliphatic carbocycles. The number of hydrogen-bond acceptors (Lipinski definition) is 2. The second-order valence-electron chi connectivity index (χ2n) is 8.88. The molecule has 1 fully saturated rings. The maximum absolute atomic E-state index is 13.0. The molecule has 5 rings (SSSR count). The lowest BCUT2D eigenvalue weighted by molar-refractivity contribution is -0.137. The predicted octanol–water partition coefficient (Wildman–Crippen LogP) is 6.52. The van der Waals surface area contributed by atoms with E-state index < -0.39 is 11.7 Å². The van der Waals surface area contributed by atoms with Gasteiger partial charge in [0.15, 0.2) is 0 Å². The minimum atomic E-state index is -4.33. The molecule has 33 heavy (non-hydrogen) atoms. The fourth-order valence-electron chi connectivity index (χ4n) is 4.95. The average Bonchev–Trinajstić information content (AvgIpc) is 3.39. The number of para-hydroxylation sites is 1. The van der Waals surface area contributed by atoms with Crippen LogP contribution in [0.15, 0.2) is 73.1 Å². The summed E-state index contributed by atoms with van der Waals surface area (Å²) in [5, 5.41) is 1.29. The summed E-state index contributed by atoms with van der Waals surface area (Å²) < 4.78 is 41.2. The van der Waals surface area contributed by atoms with Crippen molar-refractivity contribution >= 4 is 10.9 Å². The molecule has 6 heteroatoms. The van der Waals surface area contributed by atoms with Crippen molar-refractivity contribution in [3.8, 4) is 0 Å². The third kappa shape index (κ3) is 4.53. The number of aromatic nitrogens is 2. The maximum Gasteiger partial charge on any atom is 0.416 e. The third-order valence-corrected chi connectivity index (χ3v) is 6.57. The fourth-order valence-corrected chi connectivity index (χ4v) is 4.95. The highest BCUT2D eigenvalue weighted by Gasteiger charge is 2.30. The van der Waals surface area contributed by atoms with Gasteiger partial charge in [-0.25, -0.2) is 0 Å². The van der Waals surface area contributed by atoms with Crippen LogP contribution in [-0.4, -0.2) is 21.0 Å². The van der Waals surface area contributed by atoms with Gasteiger partial charge in [0.2, 0.25) is 0 Å². The van der Waals surface area contributed by atoms with E-state index in [1.165, 1.54) is 28.6 Å². The molecule has 1 aliphatic rings. The number of likely N-dealkylation sites (tertiary alicyclic amines) is 1. The molecule has 2 aromatic carbocycles. The number of alkyl halides is 3. The van der Waals surface area contributed by atoms with Gasteiger partial charge in [-0.15, -0.1) is 0 Å². The van der Waals surface area contributed by atoms with E-state index >= 15 is 0 Å². The van der Waals surface area contributed by atoms with Gasteiger partial charge in [0.05, 0.1) is 17.3 Å². The number of benzene rings is 2. The number of aryl methyl sites for hydroxylation is 1. The van der Waals surface area contributed by atoms with Crippen molar-refractivity contribution in [3.05, 3.63) is 101 Å². The summed E-state index contributed by atoms with van der Waals surface area (Å²) >= 11 is 0. The van der Waals surface area contributed by atoms with Crippen LogP contribution in [0.25, 0.3) is 10.9 Å². The molecule has 3 heterocycles. The highest BCUT2D eigenvalue weighted by Crippen LogP contribution is 2.34. The van der Waals surface area contributed by atoms with Crippen LogP contribution < -0.4 is 0 Å². The molecular weight excluding hydrogens is 423 g/mol. The van der Waals surface area contributed by atoms with Gasteiger partial charge in [-0.3, -0.25) is 9.88 Å². The first kappa shape index (κ1) is 21.7. The number of rotatable bonds is 5. The zero-order chi connectivity index (χ0) is 23.0. The average molecular weight is 450 g/mol. The van der Waals surface area contributed by atoms with Crippen LogP contribution in [0, 0.1) is 0 Å². The third-order valence-electron chi connectivity index (χ3n) is 6.57. The Hall–Kier alpha value is -3.12. The second-order valence-corrected chi connectivity index (χ2v) is 8.88. The summed E-state index contributed by atoms with van der Waals surface area (Å²) in [6.07, 6.45) is 2.32. The number of fused-ring (bicyclic) bond motifs is 1. The summed E-state index contributed by atoms with van der Waals surface area (Å²) in [5.74, 6) is 0. The maximum atomic E-state index is 13.0. The molecule has 1 atom stereocenters. The Bertz CT molecular complexity index is 1260. The molecule has 2 aromatic heterocycles. The monoisotopic (exact) mass is 449 g/mol. The van der Waals surface area contributed by atoms with Crippen molar-refractivity contribution in [2.75, 3.05) is 6.54 Å². The molecule has 0 bridgehead atoms. The van der Waals surface area contributed by atoms with E-state index in [-0.39, 0.29) is 6.04 Å². The standard InChI is InChI=1S/C27H26F3N3/c1-32-17-21(23-8-2-3-9-25(23)32)18-33-13-5-10-26(33)24-12-11-20(16-31-24)14-19-6-4-7-22(15-19)27(28,29)30/h2-4,6-9,11-12,15-17,26H,5,10,13-14,18H2,1H3/t26-/m0/s1. The predicted molar refractivity (Wildman–Crippen MR) is 124 cm³/mol. The molecule has 0 saturated carbocycles. The van der Waals surface area contributed by atoms with Gasteiger partial charge in [-0.1, -0.05) is 42.5 Å². The lowest BCUT2D eigenvalue weighted by atomic mass is 10.0. The fraction of sp³-hybridized carbons (Fsp3) is 0.296. The Balaban J connectivity index is 1.31. The van der Waals surface area contributed by atoms with Crippen molar-refractivity contribution in [2.45, 2.75) is 38.0 Å². The van der Waals surface area contributed by atoms with Crippen LogP contribution in [-0.2, 0) is 26.2 Å².